The van der Waals surface area contributed by atoms with Crippen LogP contribution in [0.5, 0.6) is 0 Å². The van der Waals surface area contributed by atoms with E-state index < -0.39 is 6.04 Å². The van der Waals surface area contributed by atoms with Crippen molar-refractivity contribution in [3.63, 3.8) is 0 Å². The number of amides is 1. The number of rotatable bonds is 3. The summed E-state index contributed by atoms with van der Waals surface area (Å²) < 4.78 is 0. The molecule has 1 aliphatic rings. The fourth-order valence-electron chi connectivity index (χ4n) is 3.87. The van der Waals surface area contributed by atoms with Crippen LogP contribution in [0.4, 0.5) is 0 Å². The fraction of sp³-hybridized carbons (Fsp3) is 0.250. The van der Waals surface area contributed by atoms with Crippen molar-refractivity contribution in [1.29, 1.82) is 0 Å². The molecule has 0 saturated heterocycles. The average molecular weight is 318 g/mol. The van der Waals surface area contributed by atoms with Gasteiger partial charge in [-0.15, -0.1) is 0 Å². The molecule has 1 aliphatic heterocycles. The zero-order valence-corrected chi connectivity index (χ0v) is 13.6. The molecule has 4 heteroatoms. The Morgan fingerprint density at radius 2 is 2.21 bits per heavy atom. The zero-order chi connectivity index (χ0) is 16.7. The first-order valence-electron chi connectivity index (χ1n) is 8.27. The van der Waals surface area contributed by atoms with Crippen molar-refractivity contribution >= 4 is 16.8 Å². The van der Waals surface area contributed by atoms with E-state index in [0.29, 0.717) is 0 Å². The van der Waals surface area contributed by atoms with Crippen molar-refractivity contribution in [3.8, 4) is 0 Å². The summed E-state index contributed by atoms with van der Waals surface area (Å²) in [4.78, 5) is 17.8. The first-order chi connectivity index (χ1) is 11.7. The molecule has 0 aliphatic carbocycles. The van der Waals surface area contributed by atoms with Gasteiger partial charge in [0.2, 0.25) is 5.91 Å². The van der Waals surface area contributed by atoms with E-state index in [1.54, 1.807) is 0 Å². The third kappa shape index (κ3) is 2.31. The molecule has 4 nitrogen and oxygen atoms in total. The maximum atomic E-state index is 12.2. The average Bonchev–Trinajstić information content (AvgIpc) is 3.04. The summed E-state index contributed by atoms with van der Waals surface area (Å²) >= 11 is 0. The van der Waals surface area contributed by atoms with Gasteiger partial charge < -0.3 is 10.7 Å². The molecular formula is C20H20N3O. The lowest BCUT2D eigenvalue weighted by Crippen LogP contribution is -2.43. The molecule has 0 fully saturated rings. The minimum atomic E-state index is -0.396. The number of carbonyl (C=O) groups excluding carboxylic acids is 1. The van der Waals surface area contributed by atoms with Gasteiger partial charge in [0.05, 0.1) is 0 Å². The maximum absolute atomic E-state index is 12.2. The van der Waals surface area contributed by atoms with E-state index in [4.69, 9.17) is 5.73 Å². The van der Waals surface area contributed by atoms with E-state index in [0.717, 1.165) is 24.0 Å². The summed E-state index contributed by atoms with van der Waals surface area (Å²) in [6, 6.07) is 16.8. The van der Waals surface area contributed by atoms with Gasteiger partial charge in [-0.25, -0.2) is 0 Å². The molecule has 1 amide bonds. The van der Waals surface area contributed by atoms with E-state index in [9.17, 15) is 4.79 Å². The number of nitrogens with zero attached hydrogens (tertiary/aromatic N) is 1. The molecule has 1 aromatic heterocycles. The van der Waals surface area contributed by atoms with Gasteiger partial charge >= 0.3 is 0 Å². The minimum absolute atomic E-state index is 0.0935. The molecule has 3 aromatic rings. The van der Waals surface area contributed by atoms with Crippen molar-refractivity contribution in [2.75, 3.05) is 6.54 Å². The summed E-state index contributed by atoms with van der Waals surface area (Å²) in [6.45, 7) is 2.95. The Hall–Kier alpha value is -2.59. The topological polar surface area (TPSA) is 62.1 Å². The van der Waals surface area contributed by atoms with Crippen molar-refractivity contribution in [1.82, 2.24) is 9.88 Å². The lowest BCUT2D eigenvalue weighted by atomic mass is 9.90. The summed E-state index contributed by atoms with van der Waals surface area (Å²) in [5.41, 5.74) is 10.3. The molecular weight excluding hydrogens is 298 g/mol. The highest BCUT2D eigenvalue weighted by Gasteiger charge is 2.35. The molecule has 0 bridgehead atoms. The lowest BCUT2D eigenvalue weighted by molar-refractivity contribution is -0.124. The van der Waals surface area contributed by atoms with Crippen LogP contribution in [0, 0.1) is 6.07 Å². The summed E-state index contributed by atoms with van der Waals surface area (Å²) in [7, 11) is 0. The summed E-state index contributed by atoms with van der Waals surface area (Å²) in [5, 5.41) is 1.19. The van der Waals surface area contributed by atoms with Crippen LogP contribution in [0.3, 0.4) is 0 Å². The third-order valence-corrected chi connectivity index (χ3v) is 5.09. The quantitative estimate of drug-likeness (QED) is 0.779. The normalized spacial score (nSPS) is 19.1. The number of primary amides is 1. The number of nitrogens with two attached hydrogens (primary N) is 1. The molecule has 4 rings (SSSR count). The highest BCUT2D eigenvalue weighted by Crippen LogP contribution is 2.37. The number of aromatic nitrogens is 1. The molecule has 2 atom stereocenters. The number of fused-ring (bicyclic) bond motifs is 2. The van der Waals surface area contributed by atoms with Gasteiger partial charge in [-0.3, -0.25) is 9.69 Å². The van der Waals surface area contributed by atoms with Crippen molar-refractivity contribution in [2.45, 2.75) is 25.4 Å². The smallest absolute Gasteiger partial charge is 0.239 e. The lowest BCUT2D eigenvalue weighted by Gasteiger charge is -2.39. The second kappa shape index (κ2) is 5.80. The van der Waals surface area contributed by atoms with Crippen LogP contribution in [-0.2, 0) is 11.2 Å². The molecule has 2 heterocycles. The number of para-hydroxylation sites is 1. The van der Waals surface area contributed by atoms with Crippen LogP contribution < -0.4 is 5.73 Å². The molecule has 121 valence electrons. The van der Waals surface area contributed by atoms with Crippen molar-refractivity contribution < 1.29 is 4.79 Å². The highest BCUT2D eigenvalue weighted by atomic mass is 16.1. The van der Waals surface area contributed by atoms with Crippen molar-refractivity contribution in [3.05, 3.63) is 71.4 Å². The van der Waals surface area contributed by atoms with E-state index >= 15 is 0 Å². The van der Waals surface area contributed by atoms with Gasteiger partial charge in [0.25, 0.3) is 0 Å². The first kappa shape index (κ1) is 15.0. The molecule has 2 unspecified atom stereocenters. The van der Waals surface area contributed by atoms with Gasteiger partial charge in [-0.05, 0) is 42.2 Å². The van der Waals surface area contributed by atoms with Gasteiger partial charge in [-0.2, -0.15) is 0 Å². The van der Waals surface area contributed by atoms with Crippen LogP contribution in [0.25, 0.3) is 10.9 Å². The Morgan fingerprint density at radius 3 is 3.04 bits per heavy atom. The van der Waals surface area contributed by atoms with Gasteiger partial charge in [-0.1, -0.05) is 36.4 Å². The van der Waals surface area contributed by atoms with Gasteiger partial charge in [0.1, 0.15) is 6.04 Å². The van der Waals surface area contributed by atoms with Crippen LogP contribution in [0.15, 0.2) is 48.7 Å². The summed E-state index contributed by atoms with van der Waals surface area (Å²) in [5.74, 6) is -0.297. The van der Waals surface area contributed by atoms with E-state index in [2.05, 4.69) is 35.0 Å². The second-order valence-corrected chi connectivity index (χ2v) is 6.38. The molecule has 0 saturated carbocycles. The molecule has 0 spiro atoms. The first-order valence-corrected chi connectivity index (χ1v) is 8.27. The largest absolute Gasteiger partial charge is 0.368 e. The number of H-pyrrole nitrogens is 1. The molecule has 1 radical (unpaired) electrons. The Bertz CT molecular complexity index is 899. The van der Waals surface area contributed by atoms with Crippen molar-refractivity contribution in [2.24, 2.45) is 5.73 Å². The van der Waals surface area contributed by atoms with E-state index in [1.165, 1.54) is 16.5 Å². The Labute approximate surface area is 141 Å². The van der Waals surface area contributed by atoms with E-state index in [1.807, 2.05) is 36.5 Å². The SMILES string of the molecule is CC(c1c[nH]c2ccccc12)N1CCc2c[c]ccc2C1C(N)=O. The number of hydrogen-bond donors (Lipinski definition) is 2. The fourth-order valence-corrected chi connectivity index (χ4v) is 3.87. The van der Waals surface area contributed by atoms with Crippen LogP contribution in [-0.4, -0.2) is 22.3 Å². The maximum Gasteiger partial charge on any atom is 0.239 e. The van der Waals surface area contributed by atoms with Crippen LogP contribution in [0.1, 0.15) is 35.7 Å². The second-order valence-electron chi connectivity index (χ2n) is 6.38. The summed E-state index contributed by atoms with van der Waals surface area (Å²) in [6.07, 6.45) is 2.95. The Morgan fingerprint density at radius 1 is 1.38 bits per heavy atom. The van der Waals surface area contributed by atoms with E-state index in [-0.39, 0.29) is 11.9 Å². The number of carbonyl (C=O) groups is 1. The predicted molar refractivity (Wildman–Crippen MR) is 94.3 cm³/mol. The number of hydrogen-bond acceptors (Lipinski definition) is 2. The standard InChI is InChI=1S/C20H20N3O/c1-13(17-12-22-18-9-5-4-8-16(17)18)23-11-10-14-6-2-3-7-15(14)19(23)20(21)24/h3-9,12-13,19,22H,10-11H2,1H3,(H2,21,24). The zero-order valence-electron chi connectivity index (χ0n) is 13.6. The third-order valence-electron chi connectivity index (χ3n) is 5.09. The highest BCUT2D eigenvalue weighted by molar-refractivity contribution is 5.84. The van der Waals surface area contributed by atoms with Crippen LogP contribution in [0.2, 0.25) is 0 Å². The predicted octanol–water partition coefficient (Wildman–Crippen LogP) is 3.11. The molecule has 3 N–H and O–H groups in total. The molecule has 24 heavy (non-hydrogen) atoms. The van der Waals surface area contributed by atoms with Gasteiger partial charge in [0.15, 0.2) is 0 Å². The minimum Gasteiger partial charge on any atom is -0.368 e. The number of benzene rings is 2. The number of aromatic amines is 1. The Balaban J connectivity index is 1.76. The number of nitrogens with one attached hydrogen (secondary N) is 1. The van der Waals surface area contributed by atoms with Gasteiger partial charge in [0, 0.05) is 29.7 Å². The Kier molecular flexibility index (Phi) is 3.62. The molecule has 2 aromatic carbocycles. The monoisotopic (exact) mass is 318 g/mol. The van der Waals surface area contributed by atoms with Crippen LogP contribution >= 0.6 is 0 Å².